The van der Waals surface area contributed by atoms with E-state index < -0.39 is 5.97 Å². The molecule has 0 bridgehead atoms. The van der Waals surface area contributed by atoms with E-state index in [0.29, 0.717) is 12.4 Å². The lowest BCUT2D eigenvalue weighted by Gasteiger charge is -2.13. The molecule has 2 rings (SSSR count). The third kappa shape index (κ3) is 3.97. The summed E-state index contributed by atoms with van der Waals surface area (Å²) in [6, 6.07) is 14.3. The Morgan fingerprint density at radius 3 is 2.52 bits per heavy atom. The Morgan fingerprint density at radius 1 is 1.10 bits per heavy atom. The zero-order valence-electron chi connectivity index (χ0n) is 11.6. The number of hydrogen-bond donors (Lipinski definition) is 1. The molecule has 0 saturated heterocycles. The van der Waals surface area contributed by atoms with Gasteiger partial charge in [-0.15, -0.1) is 0 Å². The molecule has 0 radical (unpaired) electrons. The van der Waals surface area contributed by atoms with Crippen LogP contribution in [0, 0.1) is 0 Å². The van der Waals surface area contributed by atoms with E-state index in [0.717, 1.165) is 5.56 Å². The predicted octanol–water partition coefficient (Wildman–Crippen LogP) is 2.95. The van der Waals surface area contributed by atoms with E-state index >= 15 is 0 Å². The minimum absolute atomic E-state index is 0.0395. The molecule has 110 valence electrons. The van der Waals surface area contributed by atoms with E-state index in [4.69, 9.17) is 19.3 Å². The molecule has 21 heavy (non-hydrogen) atoms. The van der Waals surface area contributed by atoms with Crippen LogP contribution in [0.25, 0.3) is 0 Å². The van der Waals surface area contributed by atoms with Gasteiger partial charge in [0.1, 0.15) is 5.56 Å². The first-order valence-electron chi connectivity index (χ1n) is 6.37. The zero-order chi connectivity index (χ0) is 15.1. The van der Waals surface area contributed by atoms with Crippen LogP contribution < -0.4 is 9.47 Å². The van der Waals surface area contributed by atoms with E-state index in [2.05, 4.69) is 0 Å². The van der Waals surface area contributed by atoms with Gasteiger partial charge in [-0.2, -0.15) is 0 Å². The Balaban J connectivity index is 1.98. The molecule has 0 fully saturated rings. The smallest absolute Gasteiger partial charge is 0.339 e. The zero-order valence-corrected chi connectivity index (χ0v) is 11.6. The van der Waals surface area contributed by atoms with Gasteiger partial charge in [0.25, 0.3) is 0 Å². The molecule has 0 spiro atoms. The summed E-state index contributed by atoms with van der Waals surface area (Å²) in [5, 5.41) is 9.14. The van der Waals surface area contributed by atoms with Crippen LogP contribution in [0.3, 0.4) is 0 Å². The average Bonchev–Trinajstić information content (AvgIpc) is 2.52. The first kappa shape index (κ1) is 14.9. The largest absolute Gasteiger partial charge is 0.493 e. The van der Waals surface area contributed by atoms with Gasteiger partial charge >= 0.3 is 5.97 Å². The normalized spacial score (nSPS) is 10.1. The number of para-hydroxylation sites is 1. The Bertz CT molecular complexity index is 595. The Labute approximate surface area is 122 Å². The SMILES string of the molecule is COc1cccc(C(=O)O)c1OCOCc1ccccc1. The molecular weight excluding hydrogens is 272 g/mol. The fourth-order valence-corrected chi connectivity index (χ4v) is 1.83. The number of carboxylic acid groups (broad SMARTS) is 1. The fraction of sp³-hybridized carbons (Fsp3) is 0.188. The van der Waals surface area contributed by atoms with Gasteiger partial charge in [-0.3, -0.25) is 0 Å². The number of carbonyl (C=O) groups is 1. The Kier molecular flexibility index (Phi) is 5.17. The highest BCUT2D eigenvalue weighted by Crippen LogP contribution is 2.31. The maximum Gasteiger partial charge on any atom is 0.339 e. The van der Waals surface area contributed by atoms with E-state index in [-0.39, 0.29) is 18.1 Å². The number of carboxylic acids is 1. The molecule has 5 nitrogen and oxygen atoms in total. The second kappa shape index (κ2) is 7.31. The van der Waals surface area contributed by atoms with E-state index in [1.807, 2.05) is 30.3 Å². The van der Waals surface area contributed by atoms with Crippen molar-refractivity contribution in [2.45, 2.75) is 6.61 Å². The second-order valence-electron chi connectivity index (χ2n) is 4.24. The van der Waals surface area contributed by atoms with Crippen molar-refractivity contribution in [3.05, 3.63) is 59.7 Å². The number of methoxy groups -OCH3 is 1. The first-order chi connectivity index (χ1) is 10.2. The highest BCUT2D eigenvalue weighted by molar-refractivity contribution is 5.92. The van der Waals surface area contributed by atoms with Crippen LogP contribution in [0.1, 0.15) is 15.9 Å². The third-order valence-electron chi connectivity index (χ3n) is 2.83. The van der Waals surface area contributed by atoms with Crippen molar-refractivity contribution in [1.29, 1.82) is 0 Å². The van der Waals surface area contributed by atoms with Crippen LogP contribution in [0.5, 0.6) is 11.5 Å². The summed E-state index contributed by atoms with van der Waals surface area (Å²) >= 11 is 0. The van der Waals surface area contributed by atoms with Crippen molar-refractivity contribution in [1.82, 2.24) is 0 Å². The van der Waals surface area contributed by atoms with Crippen molar-refractivity contribution in [3.8, 4) is 11.5 Å². The summed E-state index contributed by atoms with van der Waals surface area (Å²) in [6.45, 7) is 0.327. The number of ether oxygens (including phenoxy) is 3. The van der Waals surface area contributed by atoms with Crippen molar-refractivity contribution >= 4 is 5.97 Å². The van der Waals surface area contributed by atoms with Gasteiger partial charge in [-0.05, 0) is 17.7 Å². The van der Waals surface area contributed by atoms with Gasteiger partial charge in [0, 0.05) is 0 Å². The highest BCUT2D eigenvalue weighted by Gasteiger charge is 2.16. The molecule has 0 saturated carbocycles. The molecule has 5 heteroatoms. The Morgan fingerprint density at radius 2 is 1.86 bits per heavy atom. The van der Waals surface area contributed by atoms with Crippen molar-refractivity contribution in [2.24, 2.45) is 0 Å². The van der Waals surface area contributed by atoms with Crippen LogP contribution in [0.2, 0.25) is 0 Å². The van der Waals surface area contributed by atoms with Crippen LogP contribution in [-0.4, -0.2) is 25.0 Å². The third-order valence-corrected chi connectivity index (χ3v) is 2.83. The molecule has 0 unspecified atom stereocenters. The van der Waals surface area contributed by atoms with E-state index in [1.165, 1.54) is 13.2 Å². The molecule has 1 N–H and O–H groups in total. The monoisotopic (exact) mass is 288 g/mol. The number of hydrogen-bond acceptors (Lipinski definition) is 4. The van der Waals surface area contributed by atoms with Crippen molar-refractivity contribution in [3.63, 3.8) is 0 Å². The summed E-state index contributed by atoms with van der Waals surface area (Å²) in [5.41, 5.74) is 1.05. The van der Waals surface area contributed by atoms with E-state index in [9.17, 15) is 4.79 Å². The molecule has 0 aliphatic carbocycles. The summed E-state index contributed by atoms with van der Waals surface area (Å²) in [6.07, 6.45) is 0. The van der Waals surface area contributed by atoms with Crippen LogP contribution in [0.4, 0.5) is 0 Å². The maximum absolute atomic E-state index is 11.2. The maximum atomic E-state index is 11.2. The lowest BCUT2D eigenvalue weighted by Crippen LogP contribution is -2.08. The summed E-state index contributed by atoms with van der Waals surface area (Å²) in [4.78, 5) is 11.2. The summed E-state index contributed by atoms with van der Waals surface area (Å²) in [7, 11) is 1.46. The molecule has 0 atom stereocenters. The van der Waals surface area contributed by atoms with Gasteiger partial charge in [-0.25, -0.2) is 4.79 Å². The van der Waals surface area contributed by atoms with Crippen molar-refractivity contribution < 1.29 is 24.1 Å². The molecule has 2 aromatic carbocycles. The quantitative estimate of drug-likeness (QED) is 0.627. The summed E-state index contributed by atoms with van der Waals surface area (Å²) in [5.74, 6) is -0.550. The first-order valence-corrected chi connectivity index (χ1v) is 6.37. The topological polar surface area (TPSA) is 65.0 Å². The highest BCUT2D eigenvalue weighted by atomic mass is 16.7. The average molecular weight is 288 g/mol. The minimum atomic E-state index is -1.08. The van der Waals surface area contributed by atoms with Gasteiger partial charge in [-0.1, -0.05) is 36.4 Å². The van der Waals surface area contributed by atoms with Gasteiger partial charge in [0.15, 0.2) is 18.3 Å². The minimum Gasteiger partial charge on any atom is -0.493 e. The molecule has 0 aliphatic rings. The molecule has 2 aromatic rings. The van der Waals surface area contributed by atoms with E-state index in [1.54, 1.807) is 12.1 Å². The van der Waals surface area contributed by atoms with Gasteiger partial charge < -0.3 is 19.3 Å². The van der Waals surface area contributed by atoms with Crippen molar-refractivity contribution in [2.75, 3.05) is 13.9 Å². The second-order valence-corrected chi connectivity index (χ2v) is 4.24. The van der Waals surface area contributed by atoms with Crippen LogP contribution in [0.15, 0.2) is 48.5 Å². The number of rotatable bonds is 7. The number of aromatic carboxylic acids is 1. The molecular formula is C16H16O5. The van der Waals surface area contributed by atoms with Crippen LogP contribution in [-0.2, 0) is 11.3 Å². The van der Waals surface area contributed by atoms with Crippen LogP contribution >= 0.6 is 0 Å². The molecule has 0 aromatic heterocycles. The predicted molar refractivity (Wildman–Crippen MR) is 76.7 cm³/mol. The standard InChI is InChI=1S/C16H16O5/c1-19-14-9-5-8-13(16(17)18)15(14)21-11-20-10-12-6-3-2-4-7-12/h2-9H,10-11H2,1H3,(H,17,18). The van der Waals surface area contributed by atoms with Gasteiger partial charge in [0.2, 0.25) is 0 Å². The number of benzene rings is 2. The van der Waals surface area contributed by atoms with Gasteiger partial charge in [0.05, 0.1) is 13.7 Å². The lowest BCUT2D eigenvalue weighted by atomic mass is 10.2. The summed E-state index contributed by atoms with van der Waals surface area (Å²) < 4.78 is 15.9. The lowest BCUT2D eigenvalue weighted by molar-refractivity contribution is 0.00300. The molecule has 0 aliphatic heterocycles. The Hall–Kier alpha value is -2.53. The molecule has 0 amide bonds. The molecule has 0 heterocycles. The fourth-order valence-electron chi connectivity index (χ4n) is 1.83.